The van der Waals surface area contributed by atoms with Gasteiger partial charge in [0.15, 0.2) is 5.16 Å². The topological polar surface area (TPSA) is 59.8 Å². The van der Waals surface area contributed by atoms with Gasteiger partial charge in [0, 0.05) is 18.5 Å². The largest absolute Gasteiger partial charge is 0.325 e. The van der Waals surface area contributed by atoms with Crippen molar-refractivity contribution >= 4 is 35.1 Å². The van der Waals surface area contributed by atoms with Crippen molar-refractivity contribution in [3.8, 4) is 0 Å². The Balaban J connectivity index is 1.50. The van der Waals surface area contributed by atoms with E-state index in [0.717, 1.165) is 28.4 Å². The number of carbonyl (C=O) groups excluding carboxylic acids is 1. The van der Waals surface area contributed by atoms with E-state index >= 15 is 0 Å². The summed E-state index contributed by atoms with van der Waals surface area (Å²) >= 11 is 3.06. The number of amides is 1. The van der Waals surface area contributed by atoms with Crippen LogP contribution in [0.1, 0.15) is 36.7 Å². The number of hydrogen-bond acceptors (Lipinski definition) is 5. The molecule has 0 unspecified atom stereocenters. The quantitative estimate of drug-likeness (QED) is 0.457. The number of nitrogens with one attached hydrogen (secondary N) is 1. The van der Waals surface area contributed by atoms with Crippen LogP contribution in [0.2, 0.25) is 0 Å². The third-order valence-electron chi connectivity index (χ3n) is 4.53. The number of hydrogen-bond donors (Lipinski definition) is 1. The van der Waals surface area contributed by atoms with Gasteiger partial charge >= 0.3 is 0 Å². The SMILES string of the molecule is CC(C)c1ccccc1NC(=O)CSc1nnc(CSCc2ccc(F)cc2)n1C. The van der Waals surface area contributed by atoms with Crippen LogP contribution in [0.15, 0.2) is 53.7 Å². The predicted octanol–water partition coefficient (Wildman–Crippen LogP) is 5.24. The van der Waals surface area contributed by atoms with E-state index in [1.54, 1.807) is 23.9 Å². The molecule has 1 aromatic heterocycles. The van der Waals surface area contributed by atoms with Crippen molar-refractivity contribution in [2.75, 3.05) is 11.1 Å². The standard InChI is InChI=1S/C22H25FN4OS2/c1-15(2)18-6-4-5-7-19(18)24-21(28)14-30-22-26-25-20(27(22)3)13-29-12-16-8-10-17(23)11-9-16/h4-11,15H,12-14H2,1-3H3,(H,24,28). The Hall–Kier alpha value is -2.32. The molecule has 0 atom stereocenters. The first-order valence-corrected chi connectivity index (χ1v) is 11.8. The van der Waals surface area contributed by atoms with E-state index in [-0.39, 0.29) is 17.5 Å². The van der Waals surface area contributed by atoms with Gasteiger partial charge in [-0.1, -0.05) is 55.9 Å². The Labute approximate surface area is 184 Å². The normalized spacial score (nSPS) is 11.1. The number of para-hydroxylation sites is 1. The fourth-order valence-corrected chi connectivity index (χ4v) is 4.56. The number of carbonyl (C=O) groups is 1. The Bertz CT molecular complexity index is 989. The molecule has 0 aliphatic rings. The molecule has 8 heteroatoms. The van der Waals surface area contributed by atoms with E-state index in [4.69, 9.17) is 0 Å². The Kier molecular flexibility index (Phi) is 7.93. The highest BCUT2D eigenvalue weighted by molar-refractivity contribution is 7.99. The first kappa shape index (κ1) is 22.4. The average molecular weight is 445 g/mol. The molecule has 1 N–H and O–H groups in total. The average Bonchev–Trinajstić information content (AvgIpc) is 3.08. The van der Waals surface area contributed by atoms with Crippen molar-refractivity contribution in [2.24, 2.45) is 7.05 Å². The van der Waals surface area contributed by atoms with Crippen molar-refractivity contribution in [1.29, 1.82) is 0 Å². The van der Waals surface area contributed by atoms with Crippen molar-refractivity contribution < 1.29 is 9.18 Å². The minimum absolute atomic E-state index is 0.0664. The first-order valence-electron chi connectivity index (χ1n) is 9.66. The molecule has 0 radical (unpaired) electrons. The zero-order chi connectivity index (χ0) is 21.5. The van der Waals surface area contributed by atoms with Crippen LogP contribution in [0.25, 0.3) is 0 Å². The number of nitrogens with zero attached hydrogens (tertiary/aromatic N) is 3. The van der Waals surface area contributed by atoms with Gasteiger partial charge in [0.05, 0.1) is 11.5 Å². The fraction of sp³-hybridized carbons (Fsp3) is 0.318. The molecule has 0 bridgehead atoms. The molecule has 0 aliphatic heterocycles. The molecule has 0 aliphatic carbocycles. The van der Waals surface area contributed by atoms with Crippen molar-refractivity contribution in [2.45, 2.75) is 36.4 Å². The molecular weight excluding hydrogens is 419 g/mol. The molecule has 1 amide bonds. The highest BCUT2D eigenvalue weighted by atomic mass is 32.2. The van der Waals surface area contributed by atoms with Crippen molar-refractivity contribution in [3.63, 3.8) is 0 Å². The van der Waals surface area contributed by atoms with E-state index in [9.17, 15) is 9.18 Å². The van der Waals surface area contributed by atoms with E-state index in [2.05, 4.69) is 29.4 Å². The summed E-state index contributed by atoms with van der Waals surface area (Å²) in [5, 5.41) is 12.2. The number of thioether (sulfide) groups is 2. The van der Waals surface area contributed by atoms with Crippen LogP contribution in [-0.2, 0) is 23.3 Å². The van der Waals surface area contributed by atoms with Crippen LogP contribution < -0.4 is 5.32 Å². The lowest BCUT2D eigenvalue weighted by molar-refractivity contribution is -0.113. The van der Waals surface area contributed by atoms with Gasteiger partial charge in [-0.05, 0) is 35.2 Å². The van der Waals surface area contributed by atoms with E-state index < -0.39 is 0 Å². The summed E-state index contributed by atoms with van der Waals surface area (Å²) in [5.41, 5.74) is 3.04. The smallest absolute Gasteiger partial charge is 0.234 e. The number of aromatic nitrogens is 3. The number of halogens is 1. The van der Waals surface area contributed by atoms with Gasteiger partial charge < -0.3 is 9.88 Å². The second-order valence-corrected chi connectivity index (χ2v) is 9.08. The molecule has 30 heavy (non-hydrogen) atoms. The highest BCUT2D eigenvalue weighted by Crippen LogP contribution is 2.25. The summed E-state index contributed by atoms with van der Waals surface area (Å²) in [4.78, 5) is 12.4. The Morgan fingerprint density at radius 3 is 2.57 bits per heavy atom. The number of anilines is 1. The van der Waals surface area contributed by atoms with E-state index in [1.165, 1.54) is 23.9 Å². The van der Waals surface area contributed by atoms with Gasteiger partial charge in [0.2, 0.25) is 5.91 Å². The zero-order valence-electron chi connectivity index (χ0n) is 17.3. The molecule has 5 nitrogen and oxygen atoms in total. The van der Waals surface area contributed by atoms with Crippen LogP contribution in [-0.4, -0.2) is 26.4 Å². The number of benzene rings is 2. The molecule has 3 aromatic rings. The fourth-order valence-electron chi connectivity index (χ4n) is 2.87. The van der Waals surface area contributed by atoms with Gasteiger partial charge in [-0.25, -0.2) is 4.39 Å². The Morgan fingerprint density at radius 2 is 1.83 bits per heavy atom. The summed E-state index contributed by atoms with van der Waals surface area (Å²) in [6.45, 7) is 4.21. The summed E-state index contributed by atoms with van der Waals surface area (Å²) in [5.74, 6) is 2.61. The summed E-state index contributed by atoms with van der Waals surface area (Å²) in [6, 6.07) is 14.4. The molecule has 2 aromatic carbocycles. The lowest BCUT2D eigenvalue weighted by atomic mass is 10.0. The van der Waals surface area contributed by atoms with Gasteiger partial charge in [0.25, 0.3) is 0 Å². The Morgan fingerprint density at radius 1 is 1.10 bits per heavy atom. The minimum atomic E-state index is -0.226. The van der Waals surface area contributed by atoms with Gasteiger partial charge in [-0.2, -0.15) is 0 Å². The minimum Gasteiger partial charge on any atom is -0.325 e. The van der Waals surface area contributed by atoms with Gasteiger partial charge in [0.1, 0.15) is 11.6 Å². The van der Waals surface area contributed by atoms with E-state index in [1.807, 2.05) is 35.9 Å². The highest BCUT2D eigenvalue weighted by Gasteiger charge is 2.13. The van der Waals surface area contributed by atoms with Gasteiger partial charge in [-0.15, -0.1) is 22.0 Å². The molecular formula is C22H25FN4OS2. The van der Waals surface area contributed by atoms with Crippen molar-refractivity contribution in [3.05, 3.63) is 71.3 Å². The lowest BCUT2D eigenvalue weighted by Crippen LogP contribution is -2.16. The van der Waals surface area contributed by atoms with Crippen LogP contribution in [0.5, 0.6) is 0 Å². The number of rotatable bonds is 9. The van der Waals surface area contributed by atoms with Crippen molar-refractivity contribution in [1.82, 2.24) is 14.8 Å². The van der Waals surface area contributed by atoms with Crippen LogP contribution in [0.4, 0.5) is 10.1 Å². The second kappa shape index (κ2) is 10.6. The monoisotopic (exact) mass is 444 g/mol. The molecule has 0 saturated carbocycles. The third-order valence-corrected chi connectivity index (χ3v) is 6.55. The van der Waals surface area contributed by atoms with Crippen LogP contribution in [0.3, 0.4) is 0 Å². The summed E-state index contributed by atoms with van der Waals surface area (Å²) in [7, 11) is 1.90. The molecule has 0 saturated heterocycles. The summed E-state index contributed by atoms with van der Waals surface area (Å²) < 4.78 is 14.9. The maximum absolute atomic E-state index is 13.0. The molecule has 158 valence electrons. The summed E-state index contributed by atoms with van der Waals surface area (Å²) in [6.07, 6.45) is 0. The maximum Gasteiger partial charge on any atom is 0.234 e. The third kappa shape index (κ3) is 6.09. The second-order valence-electron chi connectivity index (χ2n) is 7.16. The molecule has 0 spiro atoms. The maximum atomic E-state index is 13.0. The molecule has 3 rings (SSSR count). The van der Waals surface area contributed by atoms with Crippen LogP contribution in [0, 0.1) is 5.82 Å². The van der Waals surface area contributed by atoms with Gasteiger partial charge in [-0.3, -0.25) is 4.79 Å². The lowest BCUT2D eigenvalue weighted by Gasteiger charge is -2.13. The molecule has 0 fully saturated rings. The first-order chi connectivity index (χ1) is 14.4. The molecule has 1 heterocycles. The van der Waals surface area contributed by atoms with Crippen LogP contribution >= 0.6 is 23.5 Å². The zero-order valence-corrected chi connectivity index (χ0v) is 18.9. The van der Waals surface area contributed by atoms with E-state index in [0.29, 0.717) is 16.8 Å². The predicted molar refractivity (Wildman–Crippen MR) is 122 cm³/mol.